The van der Waals surface area contributed by atoms with Crippen LogP contribution >= 0.6 is 11.3 Å². The van der Waals surface area contributed by atoms with Gasteiger partial charge in [-0.25, -0.2) is 8.78 Å². The molecule has 146 valence electrons. The summed E-state index contributed by atoms with van der Waals surface area (Å²) in [5, 5.41) is 4.83. The number of halogens is 2. The Balaban J connectivity index is 1.45. The number of alkyl halides is 2. The van der Waals surface area contributed by atoms with Crippen molar-refractivity contribution in [2.24, 2.45) is 0 Å². The van der Waals surface area contributed by atoms with E-state index in [0.717, 1.165) is 20.2 Å². The van der Waals surface area contributed by atoms with Crippen molar-refractivity contribution in [1.82, 2.24) is 10.2 Å². The number of nitrogens with one attached hydrogen (secondary N) is 1. The fraction of sp³-hybridized carbons (Fsp3) is 0.333. The highest BCUT2D eigenvalue weighted by Crippen LogP contribution is 2.34. The summed E-state index contributed by atoms with van der Waals surface area (Å²) in [5.41, 5.74) is -1.52. The van der Waals surface area contributed by atoms with Crippen LogP contribution in [0.4, 0.5) is 8.78 Å². The second-order valence-corrected chi connectivity index (χ2v) is 8.43. The number of carbonyl (C=O) groups is 2. The molecule has 28 heavy (non-hydrogen) atoms. The summed E-state index contributed by atoms with van der Waals surface area (Å²) >= 11 is 1.61. The second-order valence-electron chi connectivity index (χ2n) is 7.35. The van der Waals surface area contributed by atoms with Gasteiger partial charge in [-0.15, -0.1) is 11.3 Å². The molecule has 7 heteroatoms. The topological polar surface area (TPSA) is 49.4 Å². The first-order valence-corrected chi connectivity index (χ1v) is 9.96. The molecule has 0 bridgehead atoms. The molecule has 3 aromatic rings. The predicted octanol–water partition coefficient (Wildman–Crippen LogP) is 4.08. The van der Waals surface area contributed by atoms with Crippen LogP contribution in [-0.4, -0.2) is 48.2 Å². The molecular formula is C21H20F2N2O2S. The molecule has 2 aromatic carbocycles. The minimum atomic E-state index is -1.98. The molecule has 0 aliphatic carbocycles. The Labute approximate surface area is 165 Å². The maximum absolute atomic E-state index is 14.1. The summed E-state index contributed by atoms with van der Waals surface area (Å²) in [6, 6.07) is 13.1. The molecule has 0 spiro atoms. The highest BCUT2D eigenvalue weighted by molar-refractivity contribution is 7.25. The lowest BCUT2D eigenvalue weighted by atomic mass is 10.1. The van der Waals surface area contributed by atoms with Crippen LogP contribution in [0.2, 0.25) is 0 Å². The van der Waals surface area contributed by atoms with Crippen molar-refractivity contribution in [3.8, 4) is 0 Å². The summed E-state index contributed by atoms with van der Waals surface area (Å²) < 4.78 is 29.1. The number of hydrogen-bond donors (Lipinski definition) is 1. The third-order valence-corrected chi connectivity index (χ3v) is 6.38. The predicted molar refractivity (Wildman–Crippen MR) is 107 cm³/mol. The molecule has 2 atom stereocenters. The Morgan fingerprint density at radius 2 is 1.96 bits per heavy atom. The molecule has 1 saturated heterocycles. The average molecular weight is 402 g/mol. The van der Waals surface area contributed by atoms with E-state index in [4.69, 9.17) is 0 Å². The normalized spacial score (nSPS) is 22.1. The zero-order chi connectivity index (χ0) is 19.9. The molecule has 1 N–H and O–H groups in total. The maximum Gasteiger partial charge on any atom is 0.251 e. The molecule has 0 radical (unpaired) electrons. The summed E-state index contributed by atoms with van der Waals surface area (Å²) in [6.07, 6.45) is -0.0220. The minimum absolute atomic E-state index is 0.0220. The summed E-state index contributed by atoms with van der Waals surface area (Å²) in [5.74, 6) is -0.770. The van der Waals surface area contributed by atoms with Gasteiger partial charge in [0.15, 0.2) is 5.67 Å². The van der Waals surface area contributed by atoms with E-state index in [1.807, 2.05) is 36.4 Å². The van der Waals surface area contributed by atoms with E-state index in [-0.39, 0.29) is 31.5 Å². The van der Waals surface area contributed by atoms with Crippen LogP contribution in [0, 0.1) is 0 Å². The molecule has 1 unspecified atom stereocenters. The smallest absolute Gasteiger partial charge is 0.251 e. The number of likely N-dealkylation sites (tertiary alicyclic amines) is 1. The SMILES string of the molecule is CC1C[C@](F)(CF)CN1C(=O)CNC(=O)c1ccc2c(c1)sc1ccccc12. The van der Waals surface area contributed by atoms with Crippen LogP contribution in [0.5, 0.6) is 0 Å². The van der Waals surface area contributed by atoms with Gasteiger partial charge in [0.1, 0.15) is 6.67 Å². The summed E-state index contributed by atoms with van der Waals surface area (Å²) in [6.45, 7) is 0.0673. The quantitative estimate of drug-likeness (QED) is 0.715. The van der Waals surface area contributed by atoms with E-state index in [1.165, 1.54) is 4.90 Å². The van der Waals surface area contributed by atoms with Gasteiger partial charge in [-0.3, -0.25) is 9.59 Å². The minimum Gasteiger partial charge on any atom is -0.343 e. The molecule has 2 amide bonds. The number of nitrogens with zero attached hydrogens (tertiary/aromatic N) is 1. The highest BCUT2D eigenvalue weighted by Gasteiger charge is 2.44. The summed E-state index contributed by atoms with van der Waals surface area (Å²) in [4.78, 5) is 26.1. The monoisotopic (exact) mass is 402 g/mol. The Hall–Kier alpha value is -2.54. The second kappa shape index (κ2) is 7.13. The Morgan fingerprint density at radius 3 is 2.71 bits per heavy atom. The van der Waals surface area contributed by atoms with Crippen LogP contribution in [0.3, 0.4) is 0 Å². The molecule has 1 aromatic heterocycles. The van der Waals surface area contributed by atoms with Crippen LogP contribution in [0.25, 0.3) is 20.2 Å². The van der Waals surface area contributed by atoms with Crippen LogP contribution in [0.1, 0.15) is 23.7 Å². The standard InChI is InChI=1S/C21H20F2N2O2S/c1-13-9-21(23,11-22)12-25(13)19(26)10-24-20(27)14-6-7-16-15-4-2-3-5-17(15)28-18(16)8-14/h2-8,13H,9-12H2,1H3,(H,24,27)/t13?,21-/m0/s1. The number of fused-ring (bicyclic) bond motifs is 3. The van der Waals surface area contributed by atoms with Gasteiger partial charge < -0.3 is 10.2 Å². The van der Waals surface area contributed by atoms with Crippen molar-refractivity contribution >= 4 is 43.3 Å². The van der Waals surface area contributed by atoms with Crippen molar-refractivity contribution < 1.29 is 18.4 Å². The molecule has 4 nitrogen and oxygen atoms in total. The summed E-state index contributed by atoms with van der Waals surface area (Å²) in [7, 11) is 0. The van der Waals surface area contributed by atoms with E-state index in [0.29, 0.717) is 5.56 Å². The molecule has 0 saturated carbocycles. The van der Waals surface area contributed by atoms with Crippen molar-refractivity contribution in [3.63, 3.8) is 0 Å². The lowest BCUT2D eigenvalue weighted by Crippen LogP contribution is -2.43. The molecule has 1 aliphatic heterocycles. The van der Waals surface area contributed by atoms with Gasteiger partial charge in [-0.2, -0.15) is 0 Å². The van der Waals surface area contributed by atoms with Gasteiger partial charge >= 0.3 is 0 Å². The van der Waals surface area contributed by atoms with E-state index >= 15 is 0 Å². The van der Waals surface area contributed by atoms with E-state index in [9.17, 15) is 18.4 Å². The molecule has 1 aliphatic rings. The van der Waals surface area contributed by atoms with Crippen molar-refractivity contribution in [2.45, 2.75) is 25.1 Å². The lowest BCUT2D eigenvalue weighted by molar-refractivity contribution is -0.131. The van der Waals surface area contributed by atoms with Crippen molar-refractivity contribution in [3.05, 3.63) is 48.0 Å². The Bertz CT molecular complexity index is 1070. The number of hydrogen-bond acceptors (Lipinski definition) is 3. The fourth-order valence-corrected chi connectivity index (χ4v) is 4.97. The van der Waals surface area contributed by atoms with Gasteiger partial charge in [0.25, 0.3) is 5.91 Å². The van der Waals surface area contributed by atoms with E-state index < -0.39 is 18.3 Å². The first kappa shape index (κ1) is 18.8. The maximum atomic E-state index is 14.1. The van der Waals surface area contributed by atoms with Gasteiger partial charge in [-0.05, 0) is 25.1 Å². The van der Waals surface area contributed by atoms with Crippen molar-refractivity contribution in [1.29, 1.82) is 0 Å². The van der Waals surface area contributed by atoms with E-state index in [2.05, 4.69) is 5.32 Å². The number of rotatable bonds is 4. The van der Waals surface area contributed by atoms with Crippen molar-refractivity contribution in [2.75, 3.05) is 19.8 Å². The number of amides is 2. The van der Waals surface area contributed by atoms with Gasteiger partial charge in [-0.1, -0.05) is 24.3 Å². The number of thiophene rings is 1. The molecular weight excluding hydrogens is 382 g/mol. The third kappa shape index (κ3) is 3.35. The molecule has 2 heterocycles. The van der Waals surface area contributed by atoms with Crippen LogP contribution in [0.15, 0.2) is 42.5 Å². The molecule has 1 fully saturated rings. The van der Waals surface area contributed by atoms with Crippen LogP contribution in [-0.2, 0) is 4.79 Å². The van der Waals surface area contributed by atoms with E-state index in [1.54, 1.807) is 24.3 Å². The molecule has 4 rings (SSSR count). The number of benzene rings is 2. The zero-order valence-corrected chi connectivity index (χ0v) is 16.2. The van der Waals surface area contributed by atoms with Gasteiger partial charge in [0.2, 0.25) is 5.91 Å². The lowest BCUT2D eigenvalue weighted by Gasteiger charge is -2.21. The largest absolute Gasteiger partial charge is 0.343 e. The first-order valence-electron chi connectivity index (χ1n) is 9.14. The highest BCUT2D eigenvalue weighted by atomic mass is 32.1. The number of carbonyl (C=O) groups excluding carboxylic acids is 2. The Kier molecular flexibility index (Phi) is 4.79. The third-order valence-electron chi connectivity index (χ3n) is 5.25. The average Bonchev–Trinajstić information content (AvgIpc) is 3.22. The van der Waals surface area contributed by atoms with Gasteiger partial charge in [0.05, 0.1) is 13.1 Å². The van der Waals surface area contributed by atoms with Gasteiger partial charge in [0, 0.05) is 38.2 Å². The first-order chi connectivity index (χ1) is 13.4. The Morgan fingerprint density at radius 1 is 1.21 bits per heavy atom. The zero-order valence-electron chi connectivity index (χ0n) is 15.4. The van der Waals surface area contributed by atoms with Crippen LogP contribution < -0.4 is 5.32 Å². The fourth-order valence-electron chi connectivity index (χ4n) is 3.82.